The Morgan fingerprint density at radius 1 is 1.52 bits per heavy atom. The van der Waals surface area contributed by atoms with Crippen LogP contribution in [0.2, 0.25) is 0 Å². The monoisotopic (exact) mass is 290 g/mol. The molecular weight excluding hydrogens is 276 g/mol. The highest BCUT2D eigenvalue weighted by atomic mass is 16.6. The van der Waals surface area contributed by atoms with Crippen LogP contribution in [0.25, 0.3) is 11.0 Å². The zero-order chi connectivity index (χ0) is 15.0. The Labute approximate surface area is 120 Å². The molecule has 1 aromatic carbocycles. The quantitative estimate of drug-likeness (QED) is 0.681. The third-order valence-electron chi connectivity index (χ3n) is 3.31. The van der Waals surface area contributed by atoms with Gasteiger partial charge in [-0.3, -0.25) is 0 Å². The number of rotatable bonds is 3. The molecule has 1 aromatic heterocycles. The van der Waals surface area contributed by atoms with Gasteiger partial charge in [0.2, 0.25) is 5.75 Å². The first-order valence-corrected chi connectivity index (χ1v) is 6.37. The van der Waals surface area contributed by atoms with E-state index in [2.05, 4.69) is 6.58 Å². The van der Waals surface area contributed by atoms with E-state index in [0.29, 0.717) is 33.8 Å². The largest absolute Gasteiger partial charge is 0.492 e. The lowest BCUT2D eigenvalue weighted by molar-refractivity contribution is 0.102. The van der Waals surface area contributed by atoms with E-state index in [1.165, 1.54) is 13.2 Å². The van der Waals surface area contributed by atoms with E-state index in [1.807, 2.05) is 0 Å². The van der Waals surface area contributed by atoms with Crippen LogP contribution >= 0.6 is 0 Å². The fourth-order valence-electron chi connectivity index (χ4n) is 2.21. The Hall–Kier alpha value is -2.47. The first kappa shape index (κ1) is 13.5. The predicted molar refractivity (Wildman–Crippen MR) is 75.2 cm³/mol. The van der Waals surface area contributed by atoms with Crippen molar-refractivity contribution in [1.82, 2.24) is 0 Å². The van der Waals surface area contributed by atoms with Crippen LogP contribution in [0.4, 0.5) is 0 Å². The van der Waals surface area contributed by atoms with Gasteiger partial charge in [-0.25, -0.2) is 4.79 Å². The highest BCUT2D eigenvalue weighted by molar-refractivity contribution is 5.89. The van der Waals surface area contributed by atoms with Crippen LogP contribution < -0.4 is 19.8 Å². The maximum Gasteiger partial charge on any atom is 0.336 e. The van der Waals surface area contributed by atoms with Crippen molar-refractivity contribution in [2.45, 2.75) is 6.10 Å². The van der Waals surface area contributed by atoms with E-state index in [4.69, 9.17) is 23.7 Å². The molecule has 2 heterocycles. The van der Waals surface area contributed by atoms with Crippen LogP contribution in [0.15, 0.2) is 39.6 Å². The van der Waals surface area contributed by atoms with Crippen LogP contribution in [-0.2, 0) is 0 Å². The molecule has 0 spiro atoms. The molecule has 0 saturated carbocycles. The van der Waals surface area contributed by atoms with Crippen molar-refractivity contribution in [1.29, 1.82) is 0 Å². The summed E-state index contributed by atoms with van der Waals surface area (Å²) in [6.45, 7) is 3.78. The second-order valence-corrected chi connectivity index (χ2v) is 4.64. The Bertz CT molecular complexity index is 761. The van der Waals surface area contributed by atoms with Crippen LogP contribution in [-0.4, -0.2) is 31.5 Å². The SMILES string of the molecule is C=C(CO)[C@H]1COc2cc3oc(=O)ccc3c(OC)c2O1. The van der Waals surface area contributed by atoms with Gasteiger partial charge < -0.3 is 23.7 Å². The Kier molecular flexibility index (Phi) is 3.31. The third kappa shape index (κ3) is 2.23. The molecule has 6 heteroatoms. The van der Waals surface area contributed by atoms with Crippen molar-refractivity contribution in [2.24, 2.45) is 0 Å². The van der Waals surface area contributed by atoms with E-state index in [0.717, 1.165) is 0 Å². The smallest absolute Gasteiger partial charge is 0.336 e. The molecule has 1 atom stereocenters. The lowest BCUT2D eigenvalue weighted by atomic mass is 10.1. The van der Waals surface area contributed by atoms with Gasteiger partial charge in [-0.15, -0.1) is 0 Å². The Morgan fingerprint density at radius 3 is 3.05 bits per heavy atom. The fraction of sp³-hybridized carbons (Fsp3) is 0.267. The van der Waals surface area contributed by atoms with E-state index in [1.54, 1.807) is 12.1 Å². The molecule has 0 unspecified atom stereocenters. The van der Waals surface area contributed by atoms with Gasteiger partial charge >= 0.3 is 5.63 Å². The standard InChI is InChI=1S/C15H14O6/c1-8(6-16)12-7-19-11-5-10-9(3-4-13(17)20-10)14(18-2)15(11)21-12/h3-5,12,16H,1,6-7H2,2H3/t12-/m1/s1. The molecule has 0 fully saturated rings. The number of hydrogen-bond donors (Lipinski definition) is 1. The predicted octanol–water partition coefficient (Wildman–Crippen LogP) is 1.49. The highest BCUT2D eigenvalue weighted by Crippen LogP contribution is 2.45. The van der Waals surface area contributed by atoms with Gasteiger partial charge in [0, 0.05) is 12.1 Å². The summed E-state index contributed by atoms with van der Waals surface area (Å²) in [5.74, 6) is 1.25. The minimum Gasteiger partial charge on any atom is -0.492 e. The number of methoxy groups -OCH3 is 1. The normalized spacial score (nSPS) is 16.8. The van der Waals surface area contributed by atoms with Crippen LogP contribution in [0.1, 0.15) is 0 Å². The second-order valence-electron chi connectivity index (χ2n) is 4.64. The molecular formula is C15H14O6. The van der Waals surface area contributed by atoms with Crippen LogP contribution in [0.5, 0.6) is 17.2 Å². The van der Waals surface area contributed by atoms with Crippen molar-refractivity contribution in [3.8, 4) is 17.2 Å². The zero-order valence-electron chi connectivity index (χ0n) is 11.4. The van der Waals surface area contributed by atoms with Gasteiger partial charge in [-0.2, -0.15) is 0 Å². The number of aliphatic hydroxyl groups is 1. The van der Waals surface area contributed by atoms with E-state index in [-0.39, 0.29) is 13.2 Å². The fourth-order valence-corrected chi connectivity index (χ4v) is 2.21. The number of fused-ring (bicyclic) bond motifs is 2. The Morgan fingerprint density at radius 2 is 2.33 bits per heavy atom. The first-order chi connectivity index (χ1) is 10.1. The summed E-state index contributed by atoms with van der Waals surface area (Å²) >= 11 is 0. The third-order valence-corrected chi connectivity index (χ3v) is 3.31. The summed E-state index contributed by atoms with van der Waals surface area (Å²) in [7, 11) is 1.49. The number of aliphatic hydroxyl groups excluding tert-OH is 1. The summed E-state index contributed by atoms with van der Waals surface area (Å²) in [5, 5.41) is 9.75. The van der Waals surface area contributed by atoms with Crippen molar-refractivity contribution >= 4 is 11.0 Å². The minimum absolute atomic E-state index is 0.186. The van der Waals surface area contributed by atoms with Crippen molar-refractivity contribution < 1.29 is 23.7 Å². The molecule has 1 N–H and O–H groups in total. The molecule has 21 heavy (non-hydrogen) atoms. The molecule has 0 aliphatic carbocycles. The molecule has 1 aliphatic heterocycles. The lowest BCUT2D eigenvalue weighted by Crippen LogP contribution is -2.32. The molecule has 6 nitrogen and oxygen atoms in total. The summed E-state index contributed by atoms with van der Waals surface area (Å²) in [5.41, 5.74) is 0.427. The van der Waals surface area contributed by atoms with Gasteiger partial charge in [0.1, 0.15) is 12.2 Å². The van der Waals surface area contributed by atoms with Crippen molar-refractivity contribution in [3.05, 3.63) is 40.8 Å². The van der Waals surface area contributed by atoms with Crippen molar-refractivity contribution in [2.75, 3.05) is 20.3 Å². The maximum absolute atomic E-state index is 11.3. The second kappa shape index (κ2) is 5.14. The lowest BCUT2D eigenvalue weighted by Gasteiger charge is -2.28. The van der Waals surface area contributed by atoms with Gasteiger partial charge in [-0.05, 0) is 11.6 Å². The molecule has 0 radical (unpaired) electrons. The Balaban J connectivity index is 2.16. The summed E-state index contributed by atoms with van der Waals surface area (Å²) in [4.78, 5) is 11.3. The molecule has 0 saturated heterocycles. The zero-order valence-corrected chi connectivity index (χ0v) is 11.4. The topological polar surface area (TPSA) is 78.1 Å². The minimum atomic E-state index is -0.454. The molecule has 0 amide bonds. The average Bonchev–Trinajstić information content (AvgIpc) is 2.51. The number of hydrogen-bond acceptors (Lipinski definition) is 6. The molecule has 110 valence electrons. The van der Waals surface area contributed by atoms with E-state index < -0.39 is 11.7 Å². The summed E-state index contributed by atoms with van der Waals surface area (Å²) in [6, 6.07) is 4.51. The molecule has 1 aliphatic rings. The maximum atomic E-state index is 11.3. The average molecular weight is 290 g/mol. The van der Waals surface area contributed by atoms with E-state index >= 15 is 0 Å². The van der Waals surface area contributed by atoms with E-state index in [9.17, 15) is 4.79 Å². The summed E-state index contributed by atoms with van der Waals surface area (Å²) < 4.78 is 21.9. The first-order valence-electron chi connectivity index (χ1n) is 6.37. The van der Waals surface area contributed by atoms with Crippen LogP contribution in [0, 0.1) is 0 Å². The van der Waals surface area contributed by atoms with Gasteiger partial charge in [0.25, 0.3) is 0 Å². The molecule has 0 bridgehead atoms. The van der Waals surface area contributed by atoms with Gasteiger partial charge in [-0.1, -0.05) is 6.58 Å². The number of benzene rings is 1. The van der Waals surface area contributed by atoms with Gasteiger partial charge in [0.05, 0.1) is 19.1 Å². The highest BCUT2D eigenvalue weighted by Gasteiger charge is 2.28. The molecule has 2 aromatic rings. The van der Waals surface area contributed by atoms with Crippen molar-refractivity contribution in [3.63, 3.8) is 0 Å². The molecule has 3 rings (SSSR count). The number of ether oxygens (including phenoxy) is 3. The summed E-state index contributed by atoms with van der Waals surface area (Å²) in [6.07, 6.45) is -0.454. The van der Waals surface area contributed by atoms with Crippen LogP contribution in [0.3, 0.4) is 0 Å². The van der Waals surface area contributed by atoms with Gasteiger partial charge in [0.15, 0.2) is 17.6 Å².